The van der Waals surface area contributed by atoms with Gasteiger partial charge >= 0.3 is 0 Å². The van der Waals surface area contributed by atoms with E-state index in [0.29, 0.717) is 23.0 Å². The Bertz CT molecular complexity index is 882. The van der Waals surface area contributed by atoms with E-state index in [9.17, 15) is 9.59 Å². The van der Waals surface area contributed by atoms with Crippen molar-refractivity contribution in [2.24, 2.45) is 0 Å². The summed E-state index contributed by atoms with van der Waals surface area (Å²) in [5.74, 6) is 0.745. The van der Waals surface area contributed by atoms with Gasteiger partial charge in [-0.05, 0) is 67.9 Å². The second-order valence-electron chi connectivity index (χ2n) is 7.16. The number of benzene rings is 2. The standard InChI is InChI=1S/C22H27N3O4S/c1-14(2)16-8-10-18(11-9-16)28-13-20(26)24-25-22(30)23-21(27)17-6-5-7-19(12-17)29-15(3)4/h5-12,14-15H,13H2,1-4H3,(H,24,26)(H2,23,25,27,30). The molecule has 2 aromatic rings. The summed E-state index contributed by atoms with van der Waals surface area (Å²) in [6, 6.07) is 14.3. The highest BCUT2D eigenvalue weighted by Gasteiger charge is 2.10. The Morgan fingerprint density at radius 3 is 2.30 bits per heavy atom. The number of hydrazine groups is 1. The lowest BCUT2D eigenvalue weighted by Gasteiger charge is -2.13. The van der Waals surface area contributed by atoms with Crippen LogP contribution in [-0.4, -0.2) is 29.6 Å². The van der Waals surface area contributed by atoms with E-state index >= 15 is 0 Å². The molecule has 0 saturated heterocycles. The van der Waals surface area contributed by atoms with Crippen LogP contribution in [0.15, 0.2) is 48.5 Å². The molecule has 0 aromatic heterocycles. The molecule has 3 N–H and O–H groups in total. The van der Waals surface area contributed by atoms with Gasteiger partial charge in [0.2, 0.25) is 0 Å². The summed E-state index contributed by atoms with van der Waals surface area (Å²) in [5, 5.41) is 2.46. The van der Waals surface area contributed by atoms with Crippen LogP contribution in [0.25, 0.3) is 0 Å². The molecule has 0 aliphatic carbocycles. The van der Waals surface area contributed by atoms with Crippen LogP contribution in [0.2, 0.25) is 0 Å². The summed E-state index contributed by atoms with van der Waals surface area (Å²) in [7, 11) is 0. The molecule has 0 fully saturated rings. The third-order valence-electron chi connectivity index (χ3n) is 3.93. The van der Waals surface area contributed by atoms with Gasteiger partial charge in [-0.15, -0.1) is 0 Å². The Labute approximate surface area is 182 Å². The summed E-state index contributed by atoms with van der Waals surface area (Å²) in [6.07, 6.45) is -0.00312. The van der Waals surface area contributed by atoms with Crippen molar-refractivity contribution < 1.29 is 19.1 Å². The number of thiocarbonyl (C=S) groups is 1. The average Bonchev–Trinajstić information content (AvgIpc) is 2.70. The fraction of sp³-hybridized carbons (Fsp3) is 0.318. The van der Waals surface area contributed by atoms with Crippen LogP contribution < -0.4 is 25.6 Å². The molecule has 160 valence electrons. The van der Waals surface area contributed by atoms with Crippen molar-refractivity contribution in [1.82, 2.24) is 16.2 Å². The fourth-order valence-electron chi connectivity index (χ4n) is 2.45. The molecule has 2 amide bonds. The summed E-state index contributed by atoms with van der Waals surface area (Å²) < 4.78 is 11.0. The molecule has 0 aliphatic rings. The van der Waals surface area contributed by atoms with Crippen LogP contribution in [0.3, 0.4) is 0 Å². The molecule has 7 nitrogen and oxygen atoms in total. The van der Waals surface area contributed by atoms with E-state index in [2.05, 4.69) is 30.0 Å². The summed E-state index contributed by atoms with van der Waals surface area (Å²) in [4.78, 5) is 24.2. The van der Waals surface area contributed by atoms with Gasteiger partial charge in [-0.3, -0.25) is 25.8 Å². The molecule has 0 radical (unpaired) electrons. The van der Waals surface area contributed by atoms with Crippen LogP contribution >= 0.6 is 12.2 Å². The molecule has 0 aliphatic heterocycles. The zero-order valence-electron chi connectivity index (χ0n) is 17.5. The molecule has 0 saturated carbocycles. The summed E-state index contributed by atoms with van der Waals surface area (Å²) >= 11 is 5.04. The first-order valence-corrected chi connectivity index (χ1v) is 10.0. The van der Waals surface area contributed by atoms with Crippen LogP contribution in [0, 0.1) is 0 Å². The molecule has 8 heteroatoms. The maximum atomic E-state index is 12.3. The van der Waals surface area contributed by atoms with Crippen molar-refractivity contribution in [1.29, 1.82) is 0 Å². The number of ether oxygens (including phenoxy) is 2. The van der Waals surface area contributed by atoms with E-state index in [1.807, 2.05) is 38.1 Å². The normalized spacial score (nSPS) is 10.5. The first kappa shape index (κ1) is 23.2. The Morgan fingerprint density at radius 1 is 0.967 bits per heavy atom. The zero-order chi connectivity index (χ0) is 22.1. The summed E-state index contributed by atoms with van der Waals surface area (Å²) in [6.45, 7) is 7.82. The summed E-state index contributed by atoms with van der Waals surface area (Å²) in [5.41, 5.74) is 6.44. The molecule has 2 rings (SSSR count). The van der Waals surface area contributed by atoms with Gasteiger partial charge in [0.15, 0.2) is 11.7 Å². The van der Waals surface area contributed by atoms with Gasteiger partial charge in [-0.2, -0.15) is 0 Å². The van der Waals surface area contributed by atoms with Crippen molar-refractivity contribution in [3.63, 3.8) is 0 Å². The number of rotatable bonds is 7. The molecule has 30 heavy (non-hydrogen) atoms. The van der Waals surface area contributed by atoms with Crippen LogP contribution in [0.5, 0.6) is 11.5 Å². The predicted molar refractivity (Wildman–Crippen MR) is 120 cm³/mol. The quantitative estimate of drug-likeness (QED) is 0.462. The lowest BCUT2D eigenvalue weighted by atomic mass is 10.0. The fourth-order valence-corrected chi connectivity index (χ4v) is 2.59. The minimum atomic E-state index is -0.438. The first-order valence-electron chi connectivity index (χ1n) is 9.64. The molecule has 0 unspecified atom stereocenters. The number of carbonyl (C=O) groups is 2. The smallest absolute Gasteiger partial charge is 0.276 e. The largest absolute Gasteiger partial charge is 0.491 e. The Kier molecular flexibility index (Phi) is 8.61. The number of carbonyl (C=O) groups excluding carboxylic acids is 2. The molecule has 2 aromatic carbocycles. The van der Waals surface area contributed by atoms with E-state index in [1.165, 1.54) is 5.56 Å². The van der Waals surface area contributed by atoms with E-state index in [1.54, 1.807) is 24.3 Å². The van der Waals surface area contributed by atoms with E-state index in [4.69, 9.17) is 21.7 Å². The van der Waals surface area contributed by atoms with Crippen LogP contribution in [0.4, 0.5) is 0 Å². The molecular formula is C22H27N3O4S. The number of nitrogens with one attached hydrogen (secondary N) is 3. The highest BCUT2D eigenvalue weighted by atomic mass is 32.1. The number of amides is 2. The van der Waals surface area contributed by atoms with Gasteiger partial charge in [-0.1, -0.05) is 32.0 Å². The van der Waals surface area contributed by atoms with Crippen LogP contribution in [0.1, 0.15) is 49.5 Å². The minimum Gasteiger partial charge on any atom is -0.491 e. The van der Waals surface area contributed by atoms with Crippen molar-refractivity contribution >= 4 is 29.1 Å². The minimum absolute atomic E-state index is 0.00312. The Morgan fingerprint density at radius 2 is 1.67 bits per heavy atom. The maximum Gasteiger partial charge on any atom is 0.276 e. The number of hydrogen-bond acceptors (Lipinski definition) is 5. The number of hydrogen-bond donors (Lipinski definition) is 3. The second kappa shape index (κ2) is 11.2. The lowest BCUT2D eigenvalue weighted by Crippen LogP contribution is -2.49. The van der Waals surface area contributed by atoms with Crippen molar-refractivity contribution in [2.75, 3.05) is 6.61 Å². The lowest BCUT2D eigenvalue weighted by molar-refractivity contribution is -0.123. The Balaban J connectivity index is 1.75. The van der Waals surface area contributed by atoms with E-state index < -0.39 is 11.8 Å². The highest BCUT2D eigenvalue weighted by molar-refractivity contribution is 7.80. The Hall–Kier alpha value is -3.13. The van der Waals surface area contributed by atoms with Gasteiger partial charge in [0.1, 0.15) is 11.5 Å². The van der Waals surface area contributed by atoms with E-state index in [-0.39, 0.29) is 17.8 Å². The SMILES string of the molecule is CC(C)Oc1cccc(C(=O)NC(=S)NNC(=O)COc2ccc(C(C)C)cc2)c1. The van der Waals surface area contributed by atoms with Crippen molar-refractivity contribution in [2.45, 2.75) is 39.7 Å². The molecule has 0 heterocycles. The van der Waals surface area contributed by atoms with Crippen molar-refractivity contribution in [3.8, 4) is 11.5 Å². The molecule has 0 bridgehead atoms. The van der Waals surface area contributed by atoms with Crippen molar-refractivity contribution in [3.05, 3.63) is 59.7 Å². The first-order chi connectivity index (χ1) is 14.2. The zero-order valence-corrected chi connectivity index (χ0v) is 18.3. The molecular weight excluding hydrogens is 402 g/mol. The van der Waals surface area contributed by atoms with Crippen LogP contribution in [-0.2, 0) is 4.79 Å². The maximum absolute atomic E-state index is 12.3. The highest BCUT2D eigenvalue weighted by Crippen LogP contribution is 2.18. The third-order valence-corrected chi connectivity index (χ3v) is 4.13. The molecule has 0 spiro atoms. The van der Waals surface area contributed by atoms with Gasteiger partial charge in [0.25, 0.3) is 11.8 Å². The van der Waals surface area contributed by atoms with E-state index in [0.717, 1.165) is 0 Å². The average molecular weight is 430 g/mol. The van der Waals surface area contributed by atoms with Gasteiger partial charge < -0.3 is 9.47 Å². The molecule has 0 atom stereocenters. The third kappa shape index (κ3) is 7.71. The topological polar surface area (TPSA) is 88.7 Å². The predicted octanol–water partition coefficient (Wildman–Crippen LogP) is 3.31. The second-order valence-corrected chi connectivity index (χ2v) is 7.57. The van der Waals surface area contributed by atoms with Gasteiger partial charge in [0.05, 0.1) is 6.10 Å². The van der Waals surface area contributed by atoms with Gasteiger partial charge in [0, 0.05) is 5.56 Å². The monoisotopic (exact) mass is 429 g/mol. The van der Waals surface area contributed by atoms with Gasteiger partial charge in [-0.25, -0.2) is 0 Å².